The first kappa shape index (κ1) is 49.7. The normalized spacial score (nSPS) is 20.2. The van der Waals surface area contributed by atoms with E-state index in [0.29, 0.717) is 62.9 Å². The Morgan fingerprint density at radius 1 is 1.06 bits per heavy atom. The zero-order chi connectivity index (χ0) is 49.0. The van der Waals surface area contributed by atoms with Crippen LogP contribution in [0.25, 0.3) is 33.3 Å². The second kappa shape index (κ2) is 21.0. The molecule has 0 aliphatic carbocycles. The van der Waals surface area contributed by atoms with Crippen molar-refractivity contribution in [2.75, 3.05) is 54.1 Å². The van der Waals surface area contributed by atoms with Gasteiger partial charge in [0.05, 0.1) is 31.9 Å². The number of esters is 1. The molecule has 4 amide bonds. The van der Waals surface area contributed by atoms with Crippen molar-refractivity contribution in [3.63, 3.8) is 0 Å². The Labute approximate surface area is 399 Å². The van der Waals surface area contributed by atoms with Crippen LogP contribution < -0.4 is 15.5 Å². The highest BCUT2D eigenvalue weighted by Crippen LogP contribution is 2.44. The molecule has 4 aromatic rings. The molecule has 2 fully saturated rings. The number of likely N-dealkylation sites (tertiary alicyclic amines) is 1. The summed E-state index contributed by atoms with van der Waals surface area (Å²) in [6.07, 6.45) is 3.80. The fourth-order valence-corrected chi connectivity index (χ4v) is 10.3. The number of hydrogen-bond donors (Lipinski definition) is 3. The number of nitrogens with zero attached hydrogens (tertiary/aromatic N) is 4. The predicted molar refractivity (Wildman–Crippen MR) is 261 cm³/mol. The highest BCUT2D eigenvalue weighted by atomic mass is 16.5. The maximum atomic E-state index is 14.7. The van der Waals surface area contributed by atoms with Gasteiger partial charge in [0, 0.05) is 68.6 Å². The summed E-state index contributed by atoms with van der Waals surface area (Å²) in [6, 6.07) is 14.6. The number of rotatable bonds is 12. The second-order valence-corrected chi connectivity index (χ2v) is 19.6. The Balaban J connectivity index is 1.32. The van der Waals surface area contributed by atoms with E-state index in [4.69, 9.17) is 14.2 Å². The maximum Gasteiger partial charge on any atom is 0.324 e. The molecule has 4 heterocycles. The Kier molecular flexibility index (Phi) is 15.3. The van der Waals surface area contributed by atoms with Gasteiger partial charge in [-0.25, -0.2) is 5.43 Å². The molecule has 7 rings (SSSR count). The van der Waals surface area contributed by atoms with E-state index in [1.54, 1.807) is 38.3 Å². The number of fused-ring (bicyclic) bond motifs is 6. The van der Waals surface area contributed by atoms with Crippen molar-refractivity contribution in [3.8, 4) is 33.9 Å². The van der Waals surface area contributed by atoms with Crippen LogP contribution in [-0.4, -0.2) is 126 Å². The molecule has 68 heavy (non-hydrogen) atoms. The van der Waals surface area contributed by atoms with Crippen LogP contribution >= 0.6 is 0 Å². The van der Waals surface area contributed by atoms with Crippen molar-refractivity contribution in [1.82, 2.24) is 30.1 Å². The number of carbonyl (C=O) groups excluding carboxylic acids is 5. The van der Waals surface area contributed by atoms with Crippen molar-refractivity contribution in [2.24, 2.45) is 17.3 Å². The zero-order valence-electron chi connectivity index (χ0n) is 40.9. The van der Waals surface area contributed by atoms with Gasteiger partial charge in [-0.3, -0.25) is 29.0 Å². The monoisotopic (exact) mass is 933 g/mol. The van der Waals surface area contributed by atoms with E-state index in [0.717, 1.165) is 44.6 Å². The van der Waals surface area contributed by atoms with Gasteiger partial charge in [-0.2, -0.15) is 0 Å². The summed E-state index contributed by atoms with van der Waals surface area (Å²) in [5.74, 6) is -2.14. The average molecular weight is 933 g/mol. The number of hydrogen-bond acceptors (Lipinski definition) is 10. The largest absolute Gasteiger partial charge is 0.508 e. The van der Waals surface area contributed by atoms with Gasteiger partial charge < -0.3 is 39.0 Å². The summed E-state index contributed by atoms with van der Waals surface area (Å²) in [4.78, 5) is 72.5. The topological polar surface area (TPSA) is 172 Å². The summed E-state index contributed by atoms with van der Waals surface area (Å²) in [5, 5.41) is 16.8. The molecule has 1 unspecified atom stereocenters. The van der Waals surface area contributed by atoms with Gasteiger partial charge in [0.1, 0.15) is 29.6 Å². The Morgan fingerprint density at radius 3 is 2.54 bits per heavy atom. The lowest BCUT2D eigenvalue weighted by Crippen LogP contribution is -2.62. The number of carbonyl (C=O) groups is 5. The summed E-state index contributed by atoms with van der Waals surface area (Å²) in [6.45, 7) is 15.7. The van der Waals surface area contributed by atoms with Gasteiger partial charge >= 0.3 is 5.97 Å². The lowest BCUT2D eigenvalue weighted by atomic mass is 9.83. The number of aryl methyl sites for hydroxylation is 1. The number of nitrogens with one attached hydrogen (secondary N) is 2. The Bertz CT molecular complexity index is 2570. The molecule has 2 saturated heterocycles. The van der Waals surface area contributed by atoms with Crippen LogP contribution in [0.1, 0.15) is 70.6 Å². The molecule has 3 N–H and O–H groups in total. The van der Waals surface area contributed by atoms with Gasteiger partial charge in [0.25, 0.3) is 5.91 Å². The molecule has 3 aromatic carbocycles. The fraction of sp³-hybridized carbons (Fsp3) is 0.491. The van der Waals surface area contributed by atoms with Crippen molar-refractivity contribution in [2.45, 2.75) is 97.8 Å². The Morgan fingerprint density at radius 2 is 1.84 bits per heavy atom. The number of methoxy groups -OCH3 is 2. The van der Waals surface area contributed by atoms with Gasteiger partial charge in [-0.15, -0.1) is 0 Å². The number of cyclic esters (lactones) is 1. The maximum absolute atomic E-state index is 14.7. The number of phenolic OH excluding ortho intramolecular Hbond substituents is 1. The standard InChI is InChI=1S/C53H68N6O9/c1-10-45(61)57-22-19-36(30-57)50(63)56(7)47(32(3)4)49(62)54-42-26-33-24-37(27-38(60)25-33)35-17-18-43-39(28-35)40(29-53(5,6)31-68-52(65)41-15-13-21-59(55-41)51(42)64)48(58(43)11-2)46-34(20-23-66-8)14-12-16-44(46)67-9/h10,12,14,16-18,24-25,27-28,32,36,41-42,47,55,60H,1,11,13,15,19-23,26,29-31H2,2-9H3,(H,54,62)/t36-,41-,42-,47?/m0/s1. The van der Waals surface area contributed by atoms with E-state index in [1.165, 1.54) is 16.0 Å². The molecule has 6 bridgehead atoms. The van der Waals surface area contributed by atoms with Gasteiger partial charge in [0.15, 0.2) is 0 Å². The van der Waals surface area contributed by atoms with Crippen molar-refractivity contribution in [3.05, 3.63) is 83.9 Å². The lowest BCUT2D eigenvalue weighted by Gasteiger charge is -2.37. The zero-order valence-corrected chi connectivity index (χ0v) is 40.9. The minimum atomic E-state index is -1.17. The van der Waals surface area contributed by atoms with E-state index < -0.39 is 47.2 Å². The molecular weight excluding hydrogens is 865 g/mol. The quantitative estimate of drug-likeness (QED) is 0.112. The molecule has 364 valence electrons. The SMILES string of the molecule is C=CC(=O)N1CC[C@H](C(=O)N(C)C(C(=O)N[C@H]2Cc3cc(O)cc(c3)-c3ccc4c(c3)c(c(-c3c(CCOC)cccc3OC)n4CC)CC(C)(C)COC(=O)[C@@H]3CCCN(N3)C2=O)C(C)C)C1. The number of likely N-dealkylation sites (N-methyl/N-ethyl adjacent to an activating group) is 1. The first-order valence-electron chi connectivity index (χ1n) is 23.8. The third kappa shape index (κ3) is 10.4. The lowest BCUT2D eigenvalue weighted by molar-refractivity contribution is -0.155. The van der Waals surface area contributed by atoms with E-state index in [2.05, 4.69) is 60.9 Å². The highest BCUT2D eigenvalue weighted by Gasteiger charge is 2.40. The molecule has 4 atom stereocenters. The summed E-state index contributed by atoms with van der Waals surface area (Å²) in [7, 11) is 4.95. The minimum absolute atomic E-state index is 0.0145. The number of ether oxygens (including phenoxy) is 3. The number of phenols is 1. The van der Waals surface area contributed by atoms with Gasteiger partial charge in [0.2, 0.25) is 17.7 Å². The Hall–Kier alpha value is -6.19. The molecule has 3 aliphatic rings. The van der Waals surface area contributed by atoms with Crippen LogP contribution in [0.4, 0.5) is 0 Å². The first-order chi connectivity index (χ1) is 32.5. The minimum Gasteiger partial charge on any atom is -0.508 e. The molecule has 0 saturated carbocycles. The smallest absolute Gasteiger partial charge is 0.324 e. The number of amides is 4. The second-order valence-electron chi connectivity index (χ2n) is 19.6. The van der Waals surface area contributed by atoms with Crippen LogP contribution in [0.2, 0.25) is 0 Å². The van der Waals surface area contributed by atoms with Crippen LogP contribution in [0.5, 0.6) is 11.5 Å². The third-order valence-electron chi connectivity index (χ3n) is 13.7. The van der Waals surface area contributed by atoms with E-state index >= 15 is 0 Å². The van der Waals surface area contributed by atoms with Crippen LogP contribution in [0, 0.1) is 17.3 Å². The van der Waals surface area contributed by atoms with E-state index in [-0.39, 0.29) is 49.6 Å². The molecule has 1 aromatic heterocycles. The van der Waals surface area contributed by atoms with Crippen LogP contribution in [-0.2, 0) is 59.3 Å². The number of aromatic nitrogens is 1. The summed E-state index contributed by atoms with van der Waals surface area (Å²) >= 11 is 0. The van der Waals surface area contributed by atoms with Crippen molar-refractivity contribution >= 4 is 40.5 Å². The highest BCUT2D eigenvalue weighted by molar-refractivity contribution is 5.97. The van der Waals surface area contributed by atoms with Gasteiger partial charge in [-0.05, 0) is 109 Å². The predicted octanol–water partition coefficient (Wildman–Crippen LogP) is 6.06. The fourth-order valence-electron chi connectivity index (χ4n) is 10.3. The van der Waals surface area contributed by atoms with Crippen LogP contribution in [0.3, 0.4) is 0 Å². The third-order valence-corrected chi connectivity index (χ3v) is 13.7. The number of benzene rings is 3. The number of aromatic hydroxyl groups is 1. The molecule has 0 spiro atoms. The molecule has 15 heteroatoms. The van der Waals surface area contributed by atoms with Gasteiger partial charge in [-0.1, -0.05) is 58.5 Å². The molecule has 3 aliphatic heterocycles. The summed E-state index contributed by atoms with van der Waals surface area (Å²) in [5.41, 5.74) is 9.81. The molecule has 15 nitrogen and oxygen atoms in total. The van der Waals surface area contributed by atoms with E-state index in [9.17, 15) is 29.1 Å². The average Bonchev–Trinajstić information content (AvgIpc) is 3.93. The summed E-state index contributed by atoms with van der Waals surface area (Å²) < 4.78 is 20.1. The molecular formula is C53H68N6O9. The molecule has 0 radical (unpaired) electrons. The number of hydrazine groups is 1. The van der Waals surface area contributed by atoms with E-state index in [1.807, 2.05) is 38.1 Å². The van der Waals surface area contributed by atoms with Crippen molar-refractivity contribution in [1.29, 1.82) is 0 Å². The van der Waals surface area contributed by atoms with Crippen molar-refractivity contribution < 1.29 is 43.3 Å². The van der Waals surface area contributed by atoms with Crippen LogP contribution in [0.15, 0.2) is 67.3 Å². The first-order valence-corrected chi connectivity index (χ1v) is 23.8.